The second kappa shape index (κ2) is 4.09. The molecule has 0 bridgehead atoms. The Morgan fingerprint density at radius 2 is 2.17 bits per heavy atom. The SMILES string of the molecule is CC1(C)CCC(n2cncc2C2(C)CCNC2)C1. The number of rotatable bonds is 2. The molecule has 2 fully saturated rings. The van der Waals surface area contributed by atoms with Crippen LogP contribution in [-0.2, 0) is 5.41 Å². The number of aromatic nitrogens is 2. The third kappa shape index (κ3) is 1.99. The van der Waals surface area contributed by atoms with Crippen molar-refractivity contribution in [1.82, 2.24) is 14.9 Å². The number of hydrogen-bond donors (Lipinski definition) is 1. The van der Waals surface area contributed by atoms with Crippen molar-refractivity contribution in [2.75, 3.05) is 13.1 Å². The molecule has 1 aromatic rings. The molecular formula is C15H25N3. The minimum Gasteiger partial charge on any atom is -0.331 e. The normalized spacial score (nSPS) is 35.2. The van der Waals surface area contributed by atoms with Crippen LogP contribution in [0.15, 0.2) is 12.5 Å². The molecule has 18 heavy (non-hydrogen) atoms. The maximum absolute atomic E-state index is 4.44. The van der Waals surface area contributed by atoms with Gasteiger partial charge in [0.15, 0.2) is 0 Å². The molecule has 0 aromatic carbocycles. The Morgan fingerprint density at radius 3 is 2.78 bits per heavy atom. The van der Waals surface area contributed by atoms with Crippen LogP contribution in [0.4, 0.5) is 0 Å². The fraction of sp³-hybridized carbons (Fsp3) is 0.800. The van der Waals surface area contributed by atoms with Crippen molar-refractivity contribution < 1.29 is 0 Å². The molecule has 2 heterocycles. The van der Waals surface area contributed by atoms with Crippen LogP contribution >= 0.6 is 0 Å². The molecule has 3 rings (SSSR count). The lowest BCUT2D eigenvalue weighted by Crippen LogP contribution is -2.29. The van der Waals surface area contributed by atoms with Crippen LogP contribution in [0.25, 0.3) is 0 Å². The smallest absolute Gasteiger partial charge is 0.0950 e. The van der Waals surface area contributed by atoms with Crippen LogP contribution in [0.3, 0.4) is 0 Å². The van der Waals surface area contributed by atoms with Crippen LogP contribution in [-0.4, -0.2) is 22.6 Å². The number of imidazole rings is 1. The average molecular weight is 247 g/mol. The first-order valence-corrected chi connectivity index (χ1v) is 7.23. The van der Waals surface area contributed by atoms with Gasteiger partial charge in [-0.1, -0.05) is 20.8 Å². The Morgan fingerprint density at radius 1 is 1.33 bits per heavy atom. The highest BCUT2D eigenvalue weighted by atomic mass is 15.1. The summed E-state index contributed by atoms with van der Waals surface area (Å²) in [7, 11) is 0. The van der Waals surface area contributed by atoms with Crippen molar-refractivity contribution in [2.45, 2.75) is 57.9 Å². The standard InChI is InChI=1S/C15H25N3/c1-14(2)5-4-12(8-14)18-11-17-9-13(18)15(3)6-7-16-10-15/h9,11-12,16H,4-8,10H2,1-3H3. The molecule has 3 heteroatoms. The van der Waals surface area contributed by atoms with Gasteiger partial charge >= 0.3 is 0 Å². The van der Waals surface area contributed by atoms with E-state index < -0.39 is 0 Å². The van der Waals surface area contributed by atoms with Crippen LogP contribution in [0.1, 0.15) is 58.2 Å². The van der Waals surface area contributed by atoms with Gasteiger partial charge in [-0.15, -0.1) is 0 Å². The summed E-state index contributed by atoms with van der Waals surface area (Å²) in [5.74, 6) is 0. The van der Waals surface area contributed by atoms with Crippen molar-refractivity contribution >= 4 is 0 Å². The first-order valence-electron chi connectivity index (χ1n) is 7.23. The summed E-state index contributed by atoms with van der Waals surface area (Å²) in [6.07, 6.45) is 9.32. The Balaban J connectivity index is 1.88. The molecule has 2 aliphatic rings. The Kier molecular flexibility index (Phi) is 2.77. The molecule has 0 amide bonds. The largest absolute Gasteiger partial charge is 0.331 e. The monoisotopic (exact) mass is 247 g/mol. The highest BCUT2D eigenvalue weighted by Gasteiger charge is 2.37. The van der Waals surface area contributed by atoms with Crippen LogP contribution in [0.2, 0.25) is 0 Å². The summed E-state index contributed by atoms with van der Waals surface area (Å²) in [4.78, 5) is 4.44. The zero-order chi connectivity index (χ0) is 12.8. The third-order valence-electron chi connectivity index (χ3n) is 4.99. The van der Waals surface area contributed by atoms with E-state index in [0.29, 0.717) is 11.5 Å². The summed E-state index contributed by atoms with van der Waals surface area (Å²) in [6, 6.07) is 0.662. The summed E-state index contributed by atoms with van der Waals surface area (Å²) in [6.45, 7) is 9.39. The second-order valence-electron chi connectivity index (χ2n) is 7.23. The minimum atomic E-state index is 0.281. The van der Waals surface area contributed by atoms with Crippen molar-refractivity contribution in [1.29, 1.82) is 0 Å². The number of nitrogens with one attached hydrogen (secondary N) is 1. The summed E-state index contributed by atoms with van der Waals surface area (Å²) in [5.41, 5.74) is 2.22. The maximum atomic E-state index is 4.44. The van der Waals surface area contributed by atoms with E-state index >= 15 is 0 Å². The van der Waals surface area contributed by atoms with E-state index in [-0.39, 0.29) is 5.41 Å². The van der Waals surface area contributed by atoms with Crippen LogP contribution in [0, 0.1) is 5.41 Å². The van der Waals surface area contributed by atoms with Gasteiger partial charge in [-0.3, -0.25) is 0 Å². The first kappa shape index (κ1) is 12.2. The van der Waals surface area contributed by atoms with Crippen molar-refractivity contribution in [3.8, 4) is 0 Å². The first-order chi connectivity index (χ1) is 8.50. The second-order valence-corrected chi connectivity index (χ2v) is 7.23. The van der Waals surface area contributed by atoms with Crippen molar-refractivity contribution in [3.63, 3.8) is 0 Å². The van der Waals surface area contributed by atoms with E-state index in [2.05, 4.69) is 48.2 Å². The molecule has 3 nitrogen and oxygen atoms in total. The number of hydrogen-bond acceptors (Lipinski definition) is 2. The predicted molar refractivity (Wildman–Crippen MR) is 73.7 cm³/mol. The molecule has 100 valence electrons. The Labute approximate surface area is 110 Å². The molecule has 2 unspecified atom stereocenters. The minimum absolute atomic E-state index is 0.281. The fourth-order valence-corrected chi connectivity index (χ4v) is 3.74. The quantitative estimate of drug-likeness (QED) is 0.871. The van der Waals surface area contributed by atoms with Gasteiger partial charge in [0, 0.05) is 29.9 Å². The van der Waals surface area contributed by atoms with E-state index in [4.69, 9.17) is 0 Å². The lowest BCUT2D eigenvalue weighted by atomic mass is 9.85. The highest BCUT2D eigenvalue weighted by molar-refractivity contribution is 5.18. The summed E-state index contributed by atoms with van der Waals surface area (Å²) < 4.78 is 2.47. The van der Waals surface area contributed by atoms with E-state index in [1.807, 2.05) is 0 Å². The molecule has 1 saturated carbocycles. The van der Waals surface area contributed by atoms with E-state index in [1.54, 1.807) is 0 Å². The van der Waals surface area contributed by atoms with Gasteiger partial charge in [-0.2, -0.15) is 0 Å². The highest BCUT2D eigenvalue weighted by Crippen LogP contribution is 2.45. The van der Waals surface area contributed by atoms with Crippen LogP contribution in [0.5, 0.6) is 0 Å². The zero-order valence-corrected chi connectivity index (χ0v) is 11.9. The summed E-state index contributed by atoms with van der Waals surface area (Å²) >= 11 is 0. The lowest BCUT2D eigenvalue weighted by Gasteiger charge is -2.27. The maximum Gasteiger partial charge on any atom is 0.0950 e. The van der Waals surface area contributed by atoms with E-state index in [1.165, 1.54) is 31.4 Å². The molecule has 0 radical (unpaired) electrons. The topological polar surface area (TPSA) is 29.9 Å². The van der Waals surface area contributed by atoms with E-state index in [9.17, 15) is 0 Å². The van der Waals surface area contributed by atoms with E-state index in [0.717, 1.165) is 13.1 Å². The third-order valence-corrected chi connectivity index (χ3v) is 4.99. The van der Waals surface area contributed by atoms with Gasteiger partial charge < -0.3 is 9.88 Å². The van der Waals surface area contributed by atoms with Gasteiger partial charge in [-0.25, -0.2) is 4.98 Å². The zero-order valence-electron chi connectivity index (χ0n) is 11.9. The van der Waals surface area contributed by atoms with Crippen LogP contribution < -0.4 is 5.32 Å². The number of nitrogens with zero attached hydrogens (tertiary/aromatic N) is 2. The molecular weight excluding hydrogens is 222 g/mol. The lowest BCUT2D eigenvalue weighted by molar-refractivity contribution is 0.349. The Bertz CT molecular complexity index is 427. The fourth-order valence-electron chi connectivity index (χ4n) is 3.74. The predicted octanol–water partition coefficient (Wildman–Crippen LogP) is 2.89. The van der Waals surface area contributed by atoms with Gasteiger partial charge in [0.25, 0.3) is 0 Å². The molecule has 2 atom stereocenters. The molecule has 1 aliphatic carbocycles. The van der Waals surface area contributed by atoms with Gasteiger partial charge in [-0.05, 0) is 37.6 Å². The molecule has 1 aromatic heterocycles. The summed E-state index contributed by atoms with van der Waals surface area (Å²) in [5, 5.41) is 3.49. The molecule has 1 N–H and O–H groups in total. The van der Waals surface area contributed by atoms with Gasteiger partial charge in [0.1, 0.15) is 0 Å². The van der Waals surface area contributed by atoms with Gasteiger partial charge in [0.2, 0.25) is 0 Å². The van der Waals surface area contributed by atoms with Crippen molar-refractivity contribution in [3.05, 3.63) is 18.2 Å². The molecule has 1 aliphatic heterocycles. The average Bonchev–Trinajstić information content (AvgIpc) is 2.97. The Hall–Kier alpha value is -0.830. The molecule has 1 saturated heterocycles. The van der Waals surface area contributed by atoms with Gasteiger partial charge in [0.05, 0.1) is 6.33 Å². The molecule has 0 spiro atoms. The van der Waals surface area contributed by atoms with Crippen molar-refractivity contribution in [2.24, 2.45) is 5.41 Å².